The van der Waals surface area contributed by atoms with Crippen molar-refractivity contribution in [2.75, 3.05) is 6.61 Å². The van der Waals surface area contributed by atoms with Crippen molar-refractivity contribution in [3.63, 3.8) is 0 Å². The van der Waals surface area contributed by atoms with E-state index in [1.807, 2.05) is 0 Å². The van der Waals surface area contributed by atoms with E-state index in [2.05, 4.69) is 4.98 Å². The highest BCUT2D eigenvalue weighted by atomic mass is 19.1. The number of hydrogen-bond acceptors (Lipinski definition) is 3. The third-order valence-electron chi connectivity index (χ3n) is 2.76. The lowest BCUT2D eigenvalue weighted by molar-refractivity contribution is -0.144. The maximum absolute atomic E-state index is 13.0. The normalized spacial score (nSPS) is 12.6. The topological polar surface area (TPSA) is 68.1 Å². The Morgan fingerprint density at radius 3 is 3.06 bits per heavy atom. The Kier molecular flexibility index (Phi) is 3.62. The molecule has 0 aliphatic carbocycles. The highest BCUT2D eigenvalue weighted by Crippen LogP contribution is 2.20. The van der Waals surface area contributed by atoms with Gasteiger partial charge in [0.1, 0.15) is 11.9 Å². The predicted octanol–water partition coefficient (Wildman–Crippen LogP) is 1.74. The van der Waals surface area contributed by atoms with Gasteiger partial charge in [-0.15, -0.1) is 0 Å². The summed E-state index contributed by atoms with van der Waals surface area (Å²) in [6.07, 6.45) is 2.10. The second-order valence-corrected chi connectivity index (χ2v) is 4.07. The Balaban J connectivity index is 2.19. The fraction of sp³-hybridized carbons (Fsp3) is 0.308. The number of halogens is 1. The lowest BCUT2D eigenvalue weighted by Crippen LogP contribution is -2.34. The fourth-order valence-electron chi connectivity index (χ4n) is 1.90. The molecule has 1 heterocycles. The number of esters is 1. The molecule has 4 nitrogen and oxygen atoms in total. The van der Waals surface area contributed by atoms with Gasteiger partial charge in [-0.1, -0.05) is 0 Å². The lowest BCUT2D eigenvalue weighted by Gasteiger charge is -2.09. The van der Waals surface area contributed by atoms with Gasteiger partial charge in [-0.2, -0.15) is 0 Å². The Morgan fingerprint density at radius 2 is 2.33 bits per heavy atom. The maximum Gasteiger partial charge on any atom is 0.323 e. The molecule has 96 valence electrons. The maximum atomic E-state index is 13.0. The summed E-state index contributed by atoms with van der Waals surface area (Å²) in [5.41, 5.74) is 7.33. The zero-order valence-corrected chi connectivity index (χ0v) is 10.1. The molecule has 1 aromatic heterocycles. The second-order valence-electron chi connectivity index (χ2n) is 4.07. The molecule has 0 saturated carbocycles. The first kappa shape index (κ1) is 12.6. The summed E-state index contributed by atoms with van der Waals surface area (Å²) in [7, 11) is 0. The van der Waals surface area contributed by atoms with Gasteiger partial charge in [0.2, 0.25) is 0 Å². The van der Waals surface area contributed by atoms with E-state index in [9.17, 15) is 9.18 Å². The van der Waals surface area contributed by atoms with Gasteiger partial charge in [-0.05, 0) is 30.7 Å². The summed E-state index contributed by atoms with van der Waals surface area (Å²) in [6.45, 7) is 2.05. The van der Waals surface area contributed by atoms with Crippen LogP contribution in [0.2, 0.25) is 0 Å². The third-order valence-corrected chi connectivity index (χ3v) is 2.76. The summed E-state index contributed by atoms with van der Waals surface area (Å²) in [5, 5.41) is 0.871. The first-order valence-corrected chi connectivity index (χ1v) is 5.79. The molecule has 0 saturated heterocycles. The van der Waals surface area contributed by atoms with E-state index in [1.54, 1.807) is 19.2 Å². The number of carbonyl (C=O) groups is 1. The van der Waals surface area contributed by atoms with Gasteiger partial charge in [0, 0.05) is 23.5 Å². The minimum Gasteiger partial charge on any atom is -0.465 e. The molecule has 0 amide bonds. The predicted molar refractivity (Wildman–Crippen MR) is 66.6 cm³/mol. The van der Waals surface area contributed by atoms with Gasteiger partial charge in [0.15, 0.2) is 0 Å². The number of fused-ring (bicyclic) bond motifs is 1. The van der Waals surface area contributed by atoms with Crippen LogP contribution in [0.1, 0.15) is 12.5 Å². The molecule has 0 aliphatic rings. The number of benzene rings is 1. The van der Waals surface area contributed by atoms with Crippen molar-refractivity contribution in [2.24, 2.45) is 5.73 Å². The SMILES string of the molecule is CCOC(=O)[C@@H](N)Cc1c[nH]c2cc(F)ccc12. The van der Waals surface area contributed by atoms with Crippen LogP contribution in [0.4, 0.5) is 4.39 Å². The van der Waals surface area contributed by atoms with Crippen LogP contribution in [-0.4, -0.2) is 23.6 Å². The molecule has 5 heteroatoms. The summed E-state index contributed by atoms with van der Waals surface area (Å²) < 4.78 is 17.9. The molecule has 2 rings (SSSR count). The van der Waals surface area contributed by atoms with Gasteiger partial charge >= 0.3 is 5.97 Å². The molecule has 0 aliphatic heterocycles. The molecule has 0 fully saturated rings. The van der Waals surface area contributed by atoms with Crippen molar-refractivity contribution in [1.29, 1.82) is 0 Å². The van der Waals surface area contributed by atoms with E-state index >= 15 is 0 Å². The molecule has 0 unspecified atom stereocenters. The van der Waals surface area contributed by atoms with Crippen molar-refractivity contribution < 1.29 is 13.9 Å². The average Bonchev–Trinajstić information content (AvgIpc) is 2.72. The molecule has 3 N–H and O–H groups in total. The quantitative estimate of drug-likeness (QED) is 0.812. The minimum atomic E-state index is -0.700. The molecule has 0 bridgehead atoms. The van der Waals surface area contributed by atoms with Crippen LogP contribution >= 0.6 is 0 Å². The monoisotopic (exact) mass is 250 g/mol. The zero-order valence-electron chi connectivity index (χ0n) is 10.1. The van der Waals surface area contributed by atoms with Crippen LogP contribution in [0, 0.1) is 5.82 Å². The number of nitrogens with one attached hydrogen (secondary N) is 1. The van der Waals surface area contributed by atoms with E-state index in [0.717, 1.165) is 10.9 Å². The largest absolute Gasteiger partial charge is 0.465 e. The van der Waals surface area contributed by atoms with Crippen molar-refractivity contribution >= 4 is 16.9 Å². The minimum absolute atomic E-state index is 0.300. The smallest absolute Gasteiger partial charge is 0.323 e. The summed E-state index contributed by atoms with van der Waals surface area (Å²) >= 11 is 0. The van der Waals surface area contributed by atoms with Crippen LogP contribution < -0.4 is 5.73 Å². The van der Waals surface area contributed by atoms with Crippen molar-refractivity contribution in [3.8, 4) is 0 Å². The van der Waals surface area contributed by atoms with Gasteiger partial charge in [0.25, 0.3) is 0 Å². The Morgan fingerprint density at radius 1 is 1.56 bits per heavy atom. The van der Waals surface area contributed by atoms with Crippen LogP contribution in [0.15, 0.2) is 24.4 Å². The zero-order chi connectivity index (χ0) is 13.1. The Bertz CT molecular complexity index is 565. The second kappa shape index (κ2) is 5.18. The van der Waals surface area contributed by atoms with E-state index < -0.39 is 12.0 Å². The molecule has 18 heavy (non-hydrogen) atoms. The van der Waals surface area contributed by atoms with Gasteiger partial charge in [-0.25, -0.2) is 4.39 Å². The summed E-state index contributed by atoms with van der Waals surface area (Å²) in [5.74, 6) is -0.723. The third kappa shape index (κ3) is 2.51. The van der Waals surface area contributed by atoms with E-state index in [1.165, 1.54) is 12.1 Å². The van der Waals surface area contributed by atoms with Gasteiger partial charge < -0.3 is 15.5 Å². The molecule has 0 spiro atoms. The highest BCUT2D eigenvalue weighted by Gasteiger charge is 2.17. The lowest BCUT2D eigenvalue weighted by atomic mass is 10.1. The molecule has 1 atom stereocenters. The van der Waals surface area contributed by atoms with E-state index in [4.69, 9.17) is 10.5 Å². The molecule has 1 aromatic carbocycles. The van der Waals surface area contributed by atoms with Crippen LogP contribution in [0.5, 0.6) is 0 Å². The van der Waals surface area contributed by atoms with Crippen molar-refractivity contribution in [1.82, 2.24) is 4.98 Å². The number of hydrogen-bond donors (Lipinski definition) is 2. The highest BCUT2D eigenvalue weighted by molar-refractivity contribution is 5.84. The van der Waals surface area contributed by atoms with Crippen LogP contribution in [-0.2, 0) is 16.0 Å². The van der Waals surface area contributed by atoms with Crippen LogP contribution in [0.3, 0.4) is 0 Å². The number of aromatic amines is 1. The number of nitrogens with two attached hydrogens (primary N) is 1. The Labute approximate surface area is 104 Å². The number of ether oxygens (including phenoxy) is 1. The van der Waals surface area contributed by atoms with Gasteiger partial charge in [0.05, 0.1) is 6.61 Å². The van der Waals surface area contributed by atoms with Gasteiger partial charge in [-0.3, -0.25) is 4.79 Å². The molecular weight excluding hydrogens is 235 g/mol. The standard InChI is InChI=1S/C13H15FN2O2/c1-2-18-13(17)11(15)5-8-7-16-12-6-9(14)3-4-10(8)12/h3-4,6-7,11,16H,2,5,15H2,1H3/t11-/m0/s1. The fourth-order valence-corrected chi connectivity index (χ4v) is 1.90. The number of rotatable bonds is 4. The number of carbonyl (C=O) groups excluding carboxylic acids is 1. The van der Waals surface area contributed by atoms with Crippen molar-refractivity contribution in [3.05, 3.63) is 35.8 Å². The summed E-state index contributed by atoms with van der Waals surface area (Å²) in [4.78, 5) is 14.4. The van der Waals surface area contributed by atoms with Crippen LogP contribution in [0.25, 0.3) is 10.9 Å². The van der Waals surface area contributed by atoms with E-state index in [-0.39, 0.29) is 5.82 Å². The Hall–Kier alpha value is -1.88. The first-order valence-electron chi connectivity index (χ1n) is 5.79. The van der Waals surface area contributed by atoms with Crippen molar-refractivity contribution in [2.45, 2.75) is 19.4 Å². The number of H-pyrrole nitrogens is 1. The molecule has 0 radical (unpaired) electrons. The van der Waals surface area contributed by atoms with E-state index in [0.29, 0.717) is 18.5 Å². The number of aromatic nitrogens is 1. The molecular formula is C13H15FN2O2. The average molecular weight is 250 g/mol. The molecule has 2 aromatic rings. The first-order chi connectivity index (χ1) is 8.61. The summed E-state index contributed by atoms with van der Waals surface area (Å²) in [6, 6.07) is 3.77.